The fourth-order valence-electron chi connectivity index (χ4n) is 0.777. The molecular formula is C5H13BrN2. The average Bonchev–Trinajstić information content (AvgIpc) is 1.69. The molecule has 0 saturated carbocycles. The van der Waals surface area contributed by atoms with Crippen molar-refractivity contribution in [3.63, 3.8) is 0 Å². The Morgan fingerprint density at radius 3 is 2.00 bits per heavy atom. The van der Waals surface area contributed by atoms with Crippen LogP contribution in [0.25, 0.3) is 0 Å². The van der Waals surface area contributed by atoms with Crippen LogP contribution >= 0.6 is 17.0 Å². The van der Waals surface area contributed by atoms with E-state index in [1.54, 1.807) is 0 Å². The maximum Gasteiger partial charge on any atom is 0.0104 e. The topological polar surface area (TPSA) is 15.3 Å². The molecule has 0 aromatic carbocycles. The van der Waals surface area contributed by atoms with Gasteiger partial charge in [-0.2, -0.15) is 0 Å². The Hall–Kier alpha value is 0.400. The first kappa shape index (κ1) is 8.40. The molecule has 0 unspecified atom stereocenters. The van der Waals surface area contributed by atoms with Crippen LogP contribution in [0.5, 0.6) is 0 Å². The first-order valence-electron chi connectivity index (χ1n) is 2.79. The zero-order valence-corrected chi connectivity index (χ0v) is 6.90. The predicted octanol–water partition coefficient (Wildman–Crippen LogP) is 0.0993. The summed E-state index contributed by atoms with van der Waals surface area (Å²) in [6.45, 7) is 4.74. The SMILES string of the molecule is Br.CN1CCNCC1. The van der Waals surface area contributed by atoms with Gasteiger partial charge in [0.1, 0.15) is 0 Å². The molecular weight excluding hydrogens is 168 g/mol. The van der Waals surface area contributed by atoms with Crippen LogP contribution in [0.15, 0.2) is 0 Å². The molecule has 8 heavy (non-hydrogen) atoms. The number of nitrogens with one attached hydrogen (secondary N) is 1. The molecule has 1 saturated heterocycles. The van der Waals surface area contributed by atoms with Gasteiger partial charge in [0.25, 0.3) is 0 Å². The van der Waals surface area contributed by atoms with Crippen LogP contribution in [0.2, 0.25) is 0 Å². The second kappa shape index (κ2) is 4.30. The highest BCUT2D eigenvalue weighted by Crippen LogP contribution is 1.82. The fraction of sp³-hybridized carbons (Fsp3) is 1.00. The van der Waals surface area contributed by atoms with Crippen LogP contribution in [-0.2, 0) is 0 Å². The Bertz CT molecular complexity index is 52.4. The molecule has 2 nitrogen and oxygen atoms in total. The van der Waals surface area contributed by atoms with Crippen molar-refractivity contribution in [2.45, 2.75) is 0 Å². The van der Waals surface area contributed by atoms with Crippen LogP contribution in [0, 0.1) is 0 Å². The Labute approximate surface area is 61.0 Å². The van der Waals surface area contributed by atoms with Gasteiger partial charge in [-0.3, -0.25) is 0 Å². The van der Waals surface area contributed by atoms with Crippen molar-refractivity contribution in [1.82, 2.24) is 10.2 Å². The smallest absolute Gasteiger partial charge is 0.0104 e. The quantitative estimate of drug-likeness (QED) is 0.570. The second-order valence-corrected chi connectivity index (χ2v) is 2.05. The number of rotatable bonds is 0. The summed E-state index contributed by atoms with van der Waals surface area (Å²) in [5, 5.41) is 3.27. The van der Waals surface area contributed by atoms with Crippen LogP contribution in [0.4, 0.5) is 0 Å². The van der Waals surface area contributed by atoms with E-state index in [0.29, 0.717) is 0 Å². The summed E-state index contributed by atoms with van der Waals surface area (Å²) in [4.78, 5) is 2.33. The summed E-state index contributed by atoms with van der Waals surface area (Å²) in [6, 6.07) is 0. The largest absolute Gasteiger partial charge is 0.314 e. The zero-order chi connectivity index (χ0) is 5.11. The summed E-state index contributed by atoms with van der Waals surface area (Å²) in [7, 11) is 2.15. The van der Waals surface area contributed by atoms with Gasteiger partial charge in [-0.15, -0.1) is 17.0 Å². The van der Waals surface area contributed by atoms with Crippen molar-refractivity contribution in [3.8, 4) is 0 Å². The molecule has 0 spiro atoms. The first-order chi connectivity index (χ1) is 3.39. The molecule has 1 fully saturated rings. The van der Waals surface area contributed by atoms with Crippen molar-refractivity contribution in [1.29, 1.82) is 0 Å². The summed E-state index contributed by atoms with van der Waals surface area (Å²) >= 11 is 0. The van der Waals surface area contributed by atoms with Gasteiger partial charge in [0.2, 0.25) is 0 Å². The maximum atomic E-state index is 3.27. The number of nitrogens with zero attached hydrogens (tertiary/aromatic N) is 1. The standard InChI is InChI=1S/C5H12N2.BrH/c1-7-4-2-6-3-5-7;/h6H,2-5H2,1H3;1H. The predicted molar refractivity (Wildman–Crippen MR) is 40.7 cm³/mol. The lowest BCUT2D eigenvalue weighted by Crippen LogP contribution is -2.40. The van der Waals surface area contributed by atoms with Crippen molar-refractivity contribution in [2.24, 2.45) is 0 Å². The molecule has 1 rings (SSSR count). The number of piperazine rings is 1. The van der Waals surface area contributed by atoms with E-state index in [-0.39, 0.29) is 17.0 Å². The molecule has 1 aliphatic rings. The van der Waals surface area contributed by atoms with Crippen molar-refractivity contribution in [3.05, 3.63) is 0 Å². The second-order valence-electron chi connectivity index (χ2n) is 2.05. The molecule has 0 radical (unpaired) electrons. The number of hydrogen-bond donors (Lipinski definition) is 1. The molecule has 0 aliphatic carbocycles. The molecule has 0 aromatic rings. The normalized spacial score (nSPS) is 22.1. The van der Waals surface area contributed by atoms with Crippen molar-refractivity contribution >= 4 is 17.0 Å². The van der Waals surface area contributed by atoms with E-state index in [1.165, 1.54) is 13.1 Å². The summed E-state index contributed by atoms with van der Waals surface area (Å²) in [5.74, 6) is 0. The van der Waals surface area contributed by atoms with Crippen LogP contribution in [-0.4, -0.2) is 38.1 Å². The molecule has 1 heterocycles. The van der Waals surface area contributed by atoms with Crippen molar-refractivity contribution < 1.29 is 0 Å². The van der Waals surface area contributed by atoms with E-state index >= 15 is 0 Å². The minimum atomic E-state index is 0. The molecule has 0 atom stereocenters. The lowest BCUT2D eigenvalue weighted by molar-refractivity contribution is 0.291. The van der Waals surface area contributed by atoms with E-state index in [0.717, 1.165) is 13.1 Å². The zero-order valence-electron chi connectivity index (χ0n) is 5.18. The molecule has 0 aromatic heterocycles. The number of likely N-dealkylation sites (N-methyl/N-ethyl adjacent to an activating group) is 1. The van der Waals surface area contributed by atoms with Gasteiger partial charge >= 0.3 is 0 Å². The number of hydrogen-bond acceptors (Lipinski definition) is 2. The van der Waals surface area contributed by atoms with Gasteiger partial charge in [0, 0.05) is 26.2 Å². The summed E-state index contributed by atoms with van der Waals surface area (Å²) in [6.07, 6.45) is 0. The Kier molecular flexibility index (Phi) is 4.51. The van der Waals surface area contributed by atoms with Crippen LogP contribution < -0.4 is 5.32 Å². The van der Waals surface area contributed by atoms with Gasteiger partial charge in [-0.1, -0.05) is 0 Å². The highest BCUT2D eigenvalue weighted by atomic mass is 79.9. The fourth-order valence-corrected chi connectivity index (χ4v) is 0.777. The minimum Gasteiger partial charge on any atom is -0.314 e. The van der Waals surface area contributed by atoms with E-state index in [2.05, 4.69) is 17.3 Å². The van der Waals surface area contributed by atoms with Crippen LogP contribution in [0.1, 0.15) is 0 Å². The highest BCUT2D eigenvalue weighted by Gasteiger charge is 2.01. The van der Waals surface area contributed by atoms with Crippen LogP contribution in [0.3, 0.4) is 0 Å². The van der Waals surface area contributed by atoms with Gasteiger partial charge in [-0.05, 0) is 7.05 Å². The van der Waals surface area contributed by atoms with Crippen molar-refractivity contribution in [2.75, 3.05) is 33.2 Å². The minimum absolute atomic E-state index is 0. The molecule has 1 N–H and O–H groups in total. The lowest BCUT2D eigenvalue weighted by Gasteiger charge is -2.21. The third-order valence-electron chi connectivity index (χ3n) is 1.34. The van der Waals surface area contributed by atoms with Gasteiger partial charge < -0.3 is 10.2 Å². The van der Waals surface area contributed by atoms with E-state index < -0.39 is 0 Å². The monoisotopic (exact) mass is 180 g/mol. The summed E-state index contributed by atoms with van der Waals surface area (Å²) in [5.41, 5.74) is 0. The maximum absolute atomic E-state index is 3.27. The van der Waals surface area contributed by atoms with Gasteiger partial charge in [0.15, 0.2) is 0 Å². The molecule has 1 aliphatic heterocycles. The first-order valence-corrected chi connectivity index (χ1v) is 2.79. The average molecular weight is 181 g/mol. The molecule has 0 bridgehead atoms. The van der Waals surface area contributed by atoms with E-state index in [4.69, 9.17) is 0 Å². The molecule has 0 amide bonds. The van der Waals surface area contributed by atoms with Gasteiger partial charge in [-0.25, -0.2) is 0 Å². The van der Waals surface area contributed by atoms with E-state index in [1.807, 2.05) is 0 Å². The third kappa shape index (κ3) is 2.64. The Balaban J connectivity index is 0.000000490. The molecule has 50 valence electrons. The van der Waals surface area contributed by atoms with Gasteiger partial charge in [0.05, 0.1) is 0 Å². The Morgan fingerprint density at radius 2 is 1.75 bits per heavy atom. The lowest BCUT2D eigenvalue weighted by atomic mass is 10.4. The Morgan fingerprint density at radius 1 is 1.25 bits per heavy atom. The number of halogens is 1. The molecule has 3 heteroatoms. The van der Waals surface area contributed by atoms with E-state index in [9.17, 15) is 0 Å². The third-order valence-corrected chi connectivity index (χ3v) is 1.34. The summed E-state index contributed by atoms with van der Waals surface area (Å²) < 4.78 is 0. The highest BCUT2D eigenvalue weighted by molar-refractivity contribution is 8.93.